The van der Waals surface area contributed by atoms with Gasteiger partial charge in [0.25, 0.3) is 5.56 Å². The number of halogens is 1. The highest BCUT2D eigenvalue weighted by Crippen LogP contribution is 2.22. The molecular formula is C17H20ClN5O3. The lowest BCUT2D eigenvalue weighted by Gasteiger charge is -2.12. The van der Waals surface area contributed by atoms with Gasteiger partial charge in [0.2, 0.25) is 5.95 Å². The molecule has 9 heteroatoms. The summed E-state index contributed by atoms with van der Waals surface area (Å²) >= 11 is 6.27. The van der Waals surface area contributed by atoms with Crippen molar-refractivity contribution in [2.45, 2.75) is 19.6 Å². The van der Waals surface area contributed by atoms with Gasteiger partial charge in [0, 0.05) is 25.7 Å². The van der Waals surface area contributed by atoms with E-state index >= 15 is 0 Å². The van der Waals surface area contributed by atoms with E-state index in [9.17, 15) is 14.7 Å². The number of aryl methyl sites for hydroxylation is 1. The fourth-order valence-corrected chi connectivity index (χ4v) is 2.97. The molecule has 0 saturated heterocycles. The van der Waals surface area contributed by atoms with E-state index in [4.69, 9.17) is 11.6 Å². The molecule has 0 amide bonds. The zero-order valence-corrected chi connectivity index (χ0v) is 15.5. The summed E-state index contributed by atoms with van der Waals surface area (Å²) in [7, 11) is 3.00. The lowest BCUT2D eigenvalue weighted by atomic mass is 10.2. The van der Waals surface area contributed by atoms with Crippen LogP contribution in [0.2, 0.25) is 5.02 Å². The molecule has 1 atom stereocenters. The first-order chi connectivity index (χ1) is 12.3. The number of imidazole rings is 1. The fraction of sp³-hybridized carbons (Fsp3) is 0.353. The number of benzene rings is 1. The van der Waals surface area contributed by atoms with Crippen molar-refractivity contribution >= 4 is 28.7 Å². The second-order valence-corrected chi connectivity index (χ2v) is 6.63. The smallest absolute Gasteiger partial charge is 0.332 e. The van der Waals surface area contributed by atoms with E-state index in [2.05, 4.69) is 10.3 Å². The van der Waals surface area contributed by atoms with E-state index in [0.29, 0.717) is 23.0 Å². The lowest BCUT2D eigenvalue weighted by molar-refractivity contribution is 0.208. The number of rotatable bonds is 5. The summed E-state index contributed by atoms with van der Waals surface area (Å²) < 4.78 is 4.06. The summed E-state index contributed by atoms with van der Waals surface area (Å²) in [5.41, 5.74) is 0.491. The molecule has 1 aromatic carbocycles. The molecule has 0 bridgehead atoms. The maximum atomic E-state index is 12.7. The standard InChI is InChI=1S/C17H20ClN5O3/c1-10(24)8-19-16-20-14-13(15(25)22(3)17(26)21(14)2)23(16)9-11-6-4-5-7-12(11)18/h4-7,10,24H,8-9H2,1-3H3,(H,19,20). The van der Waals surface area contributed by atoms with Crippen LogP contribution in [0.4, 0.5) is 5.95 Å². The molecule has 3 rings (SSSR count). The number of aliphatic hydroxyl groups is 1. The van der Waals surface area contributed by atoms with Gasteiger partial charge in [-0.25, -0.2) is 4.79 Å². The van der Waals surface area contributed by atoms with E-state index in [1.54, 1.807) is 24.6 Å². The topological polar surface area (TPSA) is 94.1 Å². The molecule has 2 heterocycles. The second kappa shape index (κ2) is 6.97. The minimum Gasteiger partial charge on any atom is -0.392 e. The molecule has 0 saturated carbocycles. The first-order valence-corrected chi connectivity index (χ1v) is 8.50. The molecule has 2 N–H and O–H groups in total. The van der Waals surface area contributed by atoms with Crippen LogP contribution < -0.4 is 16.6 Å². The summed E-state index contributed by atoms with van der Waals surface area (Å²) in [5, 5.41) is 13.2. The van der Waals surface area contributed by atoms with Crippen LogP contribution in [0.1, 0.15) is 12.5 Å². The second-order valence-electron chi connectivity index (χ2n) is 6.22. The number of nitrogens with zero attached hydrogens (tertiary/aromatic N) is 4. The van der Waals surface area contributed by atoms with Crippen molar-refractivity contribution in [1.82, 2.24) is 18.7 Å². The van der Waals surface area contributed by atoms with Crippen molar-refractivity contribution in [2.75, 3.05) is 11.9 Å². The minimum atomic E-state index is -0.602. The molecule has 0 radical (unpaired) electrons. The highest BCUT2D eigenvalue weighted by atomic mass is 35.5. The van der Waals surface area contributed by atoms with Crippen molar-refractivity contribution < 1.29 is 5.11 Å². The van der Waals surface area contributed by atoms with Crippen LogP contribution in [0.15, 0.2) is 33.9 Å². The van der Waals surface area contributed by atoms with Crippen LogP contribution >= 0.6 is 11.6 Å². The summed E-state index contributed by atoms with van der Waals surface area (Å²) in [6, 6.07) is 7.32. The van der Waals surface area contributed by atoms with Crippen LogP contribution in [0, 0.1) is 0 Å². The Morgan fingerprint density at radius 2 is 1.92 bits per heavy atom. The van der Waals surface area contributed by atoms with Gasteiger partial charge < -0.3 is 10.4 Å². The molecule has 1 unspecified atom stereocenters. The molecule has 138 valence electrons. The van der Waals surface area contributed by atoms with Crippen LogP contribution in [0.3, 0.4) is 0 Å². The van der Waals surface area contributed by atoms with Crippen molar-refractivity contribution in [1.29, 1.82) is 0 Å². The average molecular weight is 378 g/mol. The first-order valence-electron chi connectivity index (χ1n) is 8.12. The van der Waals surface area contributed by atoms with Gasteiger partial charge in [0.05, 0.1) is 12.6 Å². The third-order valence-corrected chi connectivity index (χ3v) is 4.56. The van der Waals surface area contributed by atoms with Crippen LogP contribution in [0.5, 0.6) is 0 Å². The molecule has 0 fully saturated rings. The number of hydrogen-bond donors (Lipinski definition) is 2. The monoisotopic (exact) mass is 377 g/mol. The number of nitrogens with one attached hydrogen (secondary N) is 1. The van der Waals surface area contributed by atoms with Gasteiger partial charge in [0.15, 0.2) is 11.2 Å². The molecule has 0 aliphatic rings. The van der Waals surface area contributed by atoms with E-state index in [1.807, 2.05) is 18.2 Å². The predicted octanol–water partition coefficient (Wildman–Crippen LogP) is 0.928. The Hall–Kier alpha value is -2.58. The third-order valence-electron chi connectivity index (χ3n) is 4.19. The molecule has 0 spiro atoms. The average Bonchev–Trinajstić information content (AvgIpc) is 2.97. The Morgan fingerprint density at radius 1 is 1.23 bits per heavy atom. The van der Waals surface area contributed by atoms with Crippen molar-refractivity contribution in [3.8, 4) is 0 Å². The highest BCUT2D eigenvalue weighted by Gasteiger charge is 2.20. The molecule has 8 nitrogen and oxygen atoms in total. The third kappa shape index (κ3) is 3.13. The van der Waals surface area contributed by atoms with Gasteiger partial charge in [-0.3, -0.25) is 18.5 Å². The number of aromatic nitrogens is 4. The molecule has 2 aromatic heterocycles. The highest BCUT2D eigenvalue weighted by molar-refractivity contribution is 6.31. The van der Waals surface area contributed by atoms with Crippen molar-refractivity contribution in [2.24, 2.45) is 14.1 Å². The zero-order valence-electron chi connectivity index (χ0n) is 14.7. The maximum absolute atomic E-state index is 12.7. The van der Waals surface area contributed by atoms with E-state index in [1.165, 1.54) is 11.6 Å². The van der Waals surface area contributed by atoms with Gasteiger partial charge in [-0.15, -0.1) is 0 Å². The molecule has 3 aromatic rings. The fourth-order valence-electron chi connectivity index (χ4n) is 2.77. The van der Waals surface area contributed by atoms with E-state index in [0.717, 1.165) is 10.1 Å². The molecule has 0 aliphatic carbocycles. The van der Waals surface area contributed by atoms with Crippen LogP contribution in [0.25, 0.3) is 11.2 Å². The normalized spacial score (nSPS) is 12.5. The number of fused-ring (bicyclic) bond motifs is 1. The van der Waals surface area contributed by atoms with Gasteiger partial charge >= 0.3 is 5.69 Å². The lowest BCUT2D eigenvalue weighted by Crippen LogP contribution is -2.37. The maximum Gasteiger partial charge on any atom is 0.332 e. The van der Waals surface area contributed by atoms with Gasteiger partial charge in [-0.2, -0.15) is 4.98 Å². The zero-order chi connectivity index (χ0) is 19.0. The summed E-state index contributed by atoms with van der Waals surface area (Å²) in [6.45, 7) is 2.19. The summed E-state index contributed by atoms with van der Waals surface area (Å²) in [5.74, 6) is 0.388. The SMILES string of the molecule is CC(O)CNc1nc2c(c(=O)n(C)c(=O)n2C)n1Cc1ccccc1Cl. The predicted molar refractivity (Wildman–Crippen MR) is 101 cm³/mol. The quantitative estimate of drug-likeness (QED) is 0.689. The van der Waals surface area contributed by atoms with Crippen LogP contribution in [-0.4, -0.2) is 36.4 Å². The molecule has 0 aliphatic heterocycles. The minimum absolute atomic E-state index is 0.250. The van der Waals surface area contributed by atoms with Gasteiger partial charge in [-0.05, 0) is 18.6 Å². The number of aliphatic hydroxyl groups excluding tert-OH is 1. The van der Waals surface area contributed by atoms with Crippen molar-refractivity contribution in [3.05, 3.63) is 55.7 Å². The first kappa shape index (κ1) is 18.2. The summed E-state index contributed by atoms with van der Waals surface area (Å²) in [6.07, 6.45) is -0.602. The Kier molecular flexibility index (Phi) is 4.88. The van der Waals surface area contributed by atoms with E-state index < -0.39 is 17.4 Å². The van der Waals surface area contributed by atoms with Gasteiger partial charge in [0.1, 0.15) is 0 Å². The Morgan fingerprint density at radius 3 is 2.58 bits per heavy atom. The Balaban J connectivity index is 2.26. The van der Waals surface area contributed by atoms with E-state index in [-0.39, 0.29) is 12.2 Å². The molecular weight excluding hydrogens is 358 g/mol. The van der Waals surface area contributed by atoms with Gasteiger partial charge in [-0.1, -0.05) is 29.8 Å². The number of anilines is 1. The molecule has 26 heavy (non-hydrogen) atoms. The van der Waals surface area contributed by atoms with Crippen molar-refractivity contribution in [3.63, 3.8) is 0 Å². The summed E-state index contributed by atoms with van der Waals surface area (Å²) in [4.78, 5) is 29.3. The number of hydrogen-bond acceptors (Lipinski definition) is 5. The Labute approximate surface area is 154 Å². The Bertz CT molecular complexity index is 1080. The van der Waals surface area contributed by atoms with Crippen LogP contribution in [-0.2, 0) is 20.6 Å². The largest absolute Gasteiger partial charge is 0.392 e.